The molecule has 8 nitrogen and oxygen atoms in total. The number of benzene rings is 1. The van der Waals surface area contributed by atoms with Gasteiger partial charge in [0.2, 0.25) is 6.39 Å². The number of anilines is 1. The van der Waals surface area contributed by atoms with Crippen molar-refractivity contribution in [2.75, 3.05) is 50.9 Å². The quantitative estimate of drug-likeness (QED) is 0.661. The van der Waals surface area contributed by atoms with Crippen molar-refractivity contribution < 1.29 is 23.0 Å². The fourth-order valence-corrected chi connectivity index (χ4v) is 6.68. The largest absolute Gasteiger partial charge is 0.490 e. The number of hydrogen-bond donors (Lipinski definition) is 0. The fourth-order valence-electron chi connectivity index (χ4n) is 6.68. The number of rotatable bonds is 5. The molecule has 0 amide bonds. The summed E-state index contributed by atoms with van der Waals surface area (Å²) in [5.41, 5.74) is 1.31. The van der Waals surface area contributed by atoms with E-state index in [1.165, 1.54) is 12.5 Å². The van der Waals surface area contributed by atoms with Crippen molar-refractivity contribution in [3.05, 3.63) is 36.0 Å². The van der Waals surface area contributed by atoms with E-state index in [0.717, 1.165) is 89.4 Å². The van der Waals surface area contributed by atoms with Crippen molar-refractivity contribution in [2.24, 2.45) is 5.41 Å². The summed E-state index contributed by atoms with van der Waals surface area (Å²) in [5.74, 6) is 1.03. The second-order valence-corrected chi connectivity index (χ2v) is 11.1. The SMILES string of the molecule is Fc1ccc(OC2CC3(COC3)C2)c(C2CCN(C3COC4(C3)CN(c3nnco3)C4)CC2)c1. The molecule has 1 aromatic heterocycles. The molecule has 1 aliphatic carbocycles. The summed E-state index contributed by atoms with van der Waals surface area (Å²) >= 11 is 0. The molecular weight excluding hydrogens is 439 g/mol. The van der Waals surface area contributed by atoms with Gasteiger partial charge in [-0.3, -0.25) is 4.90 Å². The van der Waals surface area contributed by atoms with E-state index in [9.17, 15) is 4.39 Å². The van der Waals surface area contributed by atoms with Gasteiger partial charge >= 0.3 is 6.01 Å². The highest BCUT2D eigenvalue weighted by molar-refractivity contribution is 5.38. The Bertz CT molecular complexity index is 1020. The number of aromatic nitrogens is 2. The Morgan fingerprint density at radius 2 is 1.91 bits per heavy atom. The van der Waals surface area contributed by atoms with E-state index in [2.05, 4.69) is 20.0 Å². The van der Waals surface area contributed by atoms with Gasteiger partial charge in [-0.05, 0) is 69.3 Å². The Hall–Kier alpha value is -2.23. The zero-order chi connectivity index (χ0) is 22.8. The van der Waals surface area contributed by atoms with Crippen LogP contribution in [0.3, 0.4) is 0 Å². The van der Waals surface area contributed by atoms with Crippen LogP contribution in [-0.2, 0) is 9.47 Å². The van der Waals surface area contributed by atoms with Crippen molar-refractivity contribution in [3.63, 3.8) is 0 Å². The second-order valence-electron chi connectivity index (χ2n) is 11.1. The number of likely N-dealkylation sites (tertiary alicyclic amines) is 1. The topological polar surface area (TPSA) is 73.1 Å². The number of ether oxygens (including phenoxy) is 3. The first kappa shape index (κ1) is 21.1. The zero-order valence-corrected chi connectivity index (χ0v) is 19.3. The van der Waals surface area contributed by atoms with Crippen molar-refractivity contribution in [1.82, 2.24) is 15.1 Å². The molecule has 1 atom stereocenters. The van der Waals surface area contributed by atoms with E-state index in [1.807, 2.05) is 6.07 Å². The first-order chi connectivity index (χ1) is 16.6. The monoisotopic (exact) mass is 470 g/mol. The summed E-state index contributed by atoms with van der Waals surface area (Å²) in [7, 11) is 0. The number of halogens is 1. The van der Waals surface area contributed by atoms with E-state index >= 15 is 0 Å². The van der Waals surface area contributed by atoms with E-state index in [0.29, 0.717) is 23.4 Å². The fraction of sp³-hybridized carbons (Fsp3) is 0.680. The van der Waals surface area contributed by atoms with Gasteiger partial charge in [-0.1, -0.05) is 5.10 Å². The van der Waals surface area contributed by atoms with Crippen molar-refractivity contribution in [1.29, 1.82) is 0 Å². The number of piperidine rings is 1. The lowest BCUT2D eigenvalue weighted by Gasteiger charge is -2.52. The third-order valence-electron chi connectivity index (χ3n) is 8.66. The maximum absolute atomic E-state index is 14.2. The molecule has 0 radical (unpaired) electrons. The average Bonchev–Trinajstić information content (AvgIpc) is 3.45. The van der Waals surface area contributed by atoms with Crippen LogP contribution in [0.15, 0.2) is 29.0 Å². The van der Waals surface area contributed by atoms with Crippen LogP contribution < -0.4 is 9.64 Å². The average molecular weight is 471 g/mol. The van der Waals surface area contributed by atoms with Gasteiger partial charge in [-0.2, -0.15) is 0 Å². The molecule has 2 aromatic rings. The molecule has 0 bridgehead atoms. The van der Waals surface area contributed by atoms with E-state index in [-0.39, 0.29) is 17.5 Å². The second kappa shape index (κ2) is 7.90. The molecule has 4 aliphatic heterocycles. The minimum Gasteiger partial charge on any atom is -0.490 e. The summed E-state index contributed by atoms with van der Waals surface area (Å²) in [6, 6.07) is 6.07. The minimum atomic E-state index is -0.177. The molecule has 2 spiro atoms. The van der Waals surface area contributed by atoms with Crippen molar-refractivity contribution >= 4 is 6.01 Å². The van der Waals surface area contributed by atoms with E-state index in [4.69, 9.17) is 18.6 Å². The molecule has 7 rings (SSSR count). The first-order valence-electron chi connectivity index (χ1n) is 12.5. The maximum Gasteiger partial charge on any atom is 0.318 e. The zero-order valence-electron chi connectivity index (χ0n) is 19.3. The van der Waals surface area contributed by atoms with E-state index < -0.39 is 0 Å². The highest BCUT2D eigenvalue weighted by Crippen LogP contribution is 2.49. The van der Waals surface area contributed by atoms with Gasteiger partial charge in [0.25, 0.3) is 0 Å². The van der Waals surface area contributed by atoms with Crippen LogP contribution in [0.2, 0.25) is 0 Å². The molecule has 4 saturated heterocycles. The predicted molar refractivity (Wildman–Crippen MR) is 120 cm³/mol. The van der Waals surface area contributed by atoms with Crippen LogP contribution in [0.4, 0.5) is 10.4 Å². The Morgan fingerprint density at radius 3 is 2.62 bits per heavy atom. The summed E-state index contributed by atoms with van der Waals surface area (Å²) < 4.78 is 37.5. The van der Waals surface area contributed by atoms with Crippen molar-refractivity contribution in [3.8, 4) is 5.75 Å². The summed E-state index contributed by atoms with van der Waals surface area (Å²) in [4.78, 5) is 4.64. The summed E-state index contributed by atoms with van der Waals surface area (Å²) in [6.07, 6.45) is 6.76. The highest BCUT2D eigenvalue weighted by Gasteiger charge is 2.53. The molecule has 5 fully saturated rings. The van der Waals surface area contributed by atoms with Crippen LogP contribution in [0.5, 0.6) is 5.75 Å². The number of hydrogen-bond acceptors (Lipinski definition) is 8. The lowest BCUT2D eigenvalue weighted by Crippen LogP contribution is -2.62. The van der Waals surface area contributed by atoms with Gasteiger partial charge in [-0.15, -0.1) is 5.10 Å². The van der Waals surface area contributed by atoms with Gasteiger partial charge in [-0.25, -0.2) is 4.39 Å². The Labute approximate surface area is 198 Å². The predicted octanol–water partition coefficient (Wildman–Crippen LogP) is 2.99. The Morgan fingerprint density at radius 1 is 1.09 bits per heavy atom. The third-order valence-corrected chi connectivity index (χ3v) is 8.66. The van der Waals surface area contributed by atoms with Crippen LogP contribution in [0, 0.1) is 11.2 Å². The smallest absolute Gasteiger partial charge is 0.318 e. The first-order valence-corrected chi connectivity index (χ1v) is 12.5. The molecule has 34 heavy (non-hydrogen) atoms. The molecule has 1 aromatic carbocycles. The Balaban J connectivity index is 0.950. The number of nitrogens with zero attached hydrogens (tertiary/aromatic N) is 4. The lowest BCUT2D eigenvalue weighted by atomic mass is 9.65. The molecule has 1 unspecified atom stereocenters. The normalized spacial score (nSPS) is 28.6. The summed E-state index contributed by atoms with van der Waals surface area (Å²) in [6.45, 7) is 6.11. The van der Waals surface area contributed by atoms with Gasteiger partial charge in [0, 0.05) is 17.0 Å². The van der Waals surface area contributed by atoms with Crippen LogP contribution >= 0.6 is 0 Å². The van der Waals surface area contributed by atoms with Crippen LogP contribution in [0.1, 0.15) is 43.6 Å². The van der Waals surface area contributed by atoms with Crippen LogP contribution in [-0.4, -0.2) is 78.8 Å². The molecule has 0 N–H and O–H groups in total. The van der Waals surface area contributed by atoms with Gasteiger partial charge < -0.3 is 23.5 Å². The molecule has 5 heterocycles. The molecule has 9 heteroatoms. The molecule has 1 saturated carbocycles. The van der Waals surface area contributed by atoms with Gasteiger partial charge in [0.05, 0.1) is 32.9 Å². The van der Waals surface area contributed by atoms with Crippen LogP contribution in [0.25, 0.3) is 0 Å². The molecule has 182 valence electrons. The minimum absolute atomic E-state index is 0.0921. The molecular formula is C25H31FN4O4. The maximum atomic E-state index is 14.2. The molecule has 5 aliphatic rings. The summed E-state index contributed by atoms with van der Waals surface area (Å²) in [5, 5.41) is 7.76. The highest BCUT2D eigenvalue weighted by atomic mass is 19.1. The third kappa shape index (κ3) is 3.60. The Kier molecular flexibility index (Phi) is 4.90. The van der Waals surface area contributed by atoms with Gasteiger partial charge in [0.1, 0.15) is 23.3 Å². The van der Waals surface area contributed by atoms with Gasteiger partial charge in [0.15, 0.2) is 0 Å². The standard InChI is InChI=1S/C25H31FN4O4/c26-18-1-2-22(34-20-9-24(10-20)14-31-15-24)21(7-18)17-3-5-29(6-4-17)19-8-25(33-11-19)12-30(13-25)23-28-27-16-32-23/h1-2,7,16-17,19-20H,3-6,8-15H2. The lowest BCUT2D eigenvalue weighted by molar-refractivity contribution is -0.191. The van der Waals surface area contributed by atoms with E-state index in [1.54, 1.807) is 6.07 Å². The van der Waals surface area contributed by atoms with Crippen molar-refractivity contribution in [2.45, 2.75) is 55.8 Å².